The van der Waals surface area contributed by atoms with Crippen LogP contribution in [0.5, 0.6) is 0 Å². The maximum atomic E-state index is 12.3. The van der Waals surface area contributed by atoms with Gasteiger partial charge in [-0.05, 0) is 55.5 Å². The van der Waals surface area contributed by atoms with E-state index >= 15 is 0 Å². The first-order chi connectivity index (χ1) is 12.3. The monoisotopic (exact) mass is 373 g/mol. The van der Waals surface area contributed by atoms with Crippen LogP contribution >= 0.6 is 11.3 Å². The zero-order chi connectivity index (χ0) is 19.3. The zero-order valence-corrected chi connectivity index (χ0v) is 16.9. The third-order valence-corrected chi connectivity index (χ3v) is 5.44. The van der Waals surface area contributed by atoms with Crippen LogP contribution in [0.4, 0.5) is 4.79 Å². The SMILES string of the molecule is Cc1ccsc1CN(C)C(=O)NCc1ccc(C(=O)N(C)C(C)C)cc1. The summed E-state index contributed by atoms with van der Waals surface area (Å²) >= 11 is 1.66. The van der Waals surface area contributed by atoms with Gasteiger partial charge in [-0.2, -0.15) is 0 Å². The van der Waals surface area contributed by atoms with Gasteiger partial charge in [0.15, 0.2) is 0 Å². The highest BCUT2D eigenvalue weighted by atomic mass is 32.1. The van der Waals surface area contributed by atoms with Gasteiger partial charge in [-0.25, -0.2) is 4.79 Å². The van der Waals surface area contributed by atoms with Crippen molar-refractivity contribution in [2.45, 2.75) is 39.9 Å². The van der Waals surface area contributed by atoms with Gasteiger partial charge in [0, 0.05) is 37.1 Å². The molecule has 0 radical (unpaired) electrons. The van der Waals surface area contributed by atoms with E-state index in [-0.39, 0.29) is 18.0 Å². The number of urea groups is 1. The van der Waals surface area contributed by atoms with Gasteiger partial charge in [-0.15, -0.1) is 11.3 Å². The number of nitrogens with one attached hydrogen (secondary N) is 1. The van der Waals surface area contributed by atoms with Gasteiger partial charge in [0.1, 0.15) is 0 Å². The lowest BCUT2D eigenvalue weighted by Gasteiger charge is -2.21. The molecule has 0 fully saturated rings. The number of carbonyl (C=O) groups is 2. The van der Waals surface area contributed by atoms with Gasteiger partial charge in [0.2, 0.25) is 0 Å². The van der Waals surface area contributed by atoms with Crippen LogP contribution in [-0.4, -0.2) is 41.9 Å². The summed E-state index contributed by atoms with van der Waals surface area (Å²) in [5.74, 6) is 0.00152. The predicted molar refractivity (Wildman–Crippen MR) is 106 cm³/mol. The Morgan fingerprint density at radius 3 is 2.31 bits per heavy atom. The standard InChI is InChI=1S/C20H27N3O2S/c1-14(2)23(5)19(24)17-8-6-16(7-9-17)12-21-20(25)22(4)13-18-15(3)10-11-26-18/h6-11,14H,12-13H2,1-5H3,(H,21,25). The van der Waals surface area contributed by atoms with Crippen LogP contribution in [0.2, 0.25) is 0 Å². The van der Waals surface area contributed by atoms with Crippen molar-refractivity contribution in [1.29, 1.82) is 0 Å². The summed E-state index contributed by atoms with van der Waals surface area (Å²) in [4.78, 5) is 29.1. The van der Waals surface area contributed by atoms with Crippen molar-refractivity contribution in [3.63, 3.8) is 0 Å². The number of rotatable bonds is 6. The van der Waals surface area contributed by atoms with E-state index in [1.54, 1.807) is 47.4 Å². The molecule has 6 heteroatoms. The Kier molecular flexibility index (Phi) is 6.80. The van der Waals surface area contributed by atoms with Gasteiger partial charge in [-0.3, -0.25) is 4.79 Å². The molecule has 2 rings (SSSR count). The van der Waals surface area contributed by atoms with Crippen LogP contribution < -0.4 is 5.32 Å². The lowest BCUT2D eigenvalue weighted by atomic mass is 10.1. The zero-order valence-electron chi connectivity index (χ0n) is 16.1. The first-order valence-electron chi connectivity index (χ1n) is 8.67. The Balaban J connectivity index is 1.88. The molecule has 0 aliphatic carbocycles. The van der Waals surface area contributed by atoms with Crippen molar-refractivity contribution in [2.75, 3.05) is 14.1 Å². The summed E-state index contributed by atoms with van der Waals surface area (Å²) in [6.45, 7) is 7.05. The minimum atomic E-state index is -0.113. The van der Waals surface area contributed by atoms with Crippen LogP contribution in [0.25, 0.3) is 0 Å². The summed E-state index contributed by atoms with van der Waals surface area (Å²) in [7, 11) is 3.59. The van der Waals surface area contributed by atoms with E-state index in [1.165, 1.54) is 10.4 Å². The molecular formula is C20H27N3O2S. The molecule has 1 aromatic carbocycles. The maximum absolute atomic E-state index is 12.3. The number of hydrogen-bond donors (Lipinski definition) is 1. The molecule has 3 amide bonds. The molecular weight excluding hydrogens is 346 g/mol. The van der Waals surface area contributed by atoms with Crippen LogP contribution in [0, 0.1) is 6.92 Å². The number of thiophene rings is 1. The van der Waals surface area contributed by atoms with Gasteiger partial charge in [0.05, 0.1) is 6.54 Å². The first kappa shape index (κ1) is 20.0. The molecule has 1 heterocycles. The van der Waals surface area contributed by atoms with Crippen LogP contribution in [0.15, 0.2) is 35.7 Å². The molecule has 0 saturated heterocycles. The lowest BCUT2D eigenvalue weighted by Crippen LogP contribution is -2.36. The topological polar surface area (TPSA) is 52.7 Å². The van der Waals surface area contributed by atoms with E-state index in [1.807, 2.05) is 31.4 Å². The Hall–Kier alpha value is -2.34. The maximum Gasteiger partial charge on any atom is 0.317 e. The van der Waals surface area contributed by atoms with Gasteiger partial charge in [-0.1, -0.05) is 12.1 Å². The van der Waals surface area contributed by atoms with Gasteiger partial charge in [0.25, 0.3) is 5.91 Å². The van der Waals surface area contributed by atoms with E-state index in [9.17, 15) is 9.59 Å². The number of carbonyl (C=O) groups excluding carboxylic acids is 2. The number of amides is 3. The molecule has 140 valence electrons. The average Bonchev–Trinajstić information content (AvgIpc) is 3.03. The van der Waals surface area contributed by atoms with E-state index in [0.717, 1.165) is 5.56 Å². The predicted octanol–water partition coefficient (Wildman–Crippen LogP) is 3.88. The van der Waals surface area contributed by atoms with E-state index < -0.39 is 0 Å². The van der Waals surface area contributed by atoms with Crippen LogP contribution in [-0.2, 0) is 13.1 Å². The van der Waals surface area contributed by atoms with Crippen molar-refractivity contribution >= 4 is 23.3 Å². The average molecular weight is 374 g/mol. The second-order valence-electron chi connectivity index (χ2n) is 6.75. The Morgan fingerprint density at radius 2 is 1.77 bits per heavy atom. The van der Waals surface area contributed by atoms with Crippen molar-refractivity contribution in [3.05, 3.63) is 57.3 Å². The molecule has 1 N–H and O–H groups in total. The Labute approximate surface area is 159 Å². The van der Waals surface area contributed by atoms with E-state index in [4.69, 9.17) is 0 Å². The normalized spacial score (nSPS) is 10.7. The summed E-state index contributed by atoms with van der Waals surface area (Å²) in [6.07, 6.45) is 0. The second kappa shape index (κ2) is 8.85. The minimum Gasteiger partial charge on any atom is -0.339 e. The molecule has 0 atom stereocenters. The fourth-order valence-corrected chi connectivity index (χ4v) is 3.33. The molecule has 26 heavy (non-hydrogen) atoms. The molecule has 5 nitrogen and oxygen atoms in total. The molecule has 0 unspecified atom stereocenters. The minimum absolute atomic E-state index is 0.00152. The van der Waals surface area contributed by atoms with E-state index in [0.29, 0.717) is 18.7 Å². The number of nitrogens with zero attached hydrogens (tertiary/aromatic N) is 2. The van der Waals surface area contributed by atoms with Crippen molar-refractivity contribution in [1.82, 2.24) is 15.1 Å². The number of benzene rings is 1. The molecule has 0 aliphatic heterocycles. The summed E-state index contributed by atoms with van der Waals surface area (Å²) in [5.41, 5.74) is 2.82. The third-order valence-electron chi connectivity index (χ3n) is 4.44. The van der Waals surface area contributed by atoms with Crippen molar-refractivity contribution in [3.8, 4) is 0 Å². The van der Waals surface area contributed by atoms with Crippen molar-refractivity contribution in [2.24, 2.45) is 0 Å². The fourth-order valence-electron chi connectivity index (χ4n) is 2.37. The number of hydrogen-bond acceptors (Lipinski definition) is 3. The second-order valence-corrected chi connectivity index (χ2v) is 7.75. The summed E-state index contributed by atoms with van der Waals surface area (Å²) < 4.78 is 0. The fraction of sp³-hybridized carbons (Fsp3) is 0.400. The Morgan fingerprint density at radius 1 is 1.12 bits per heavy atom. The summed E-state index contributed by atoms with van der Waals surface area (Å²) in [5, 5.41) is 4.95. The largest absolute Gasteiger partial charge is 0.339 e. The first-order valence-corrected chi connectivity index (χ1v) is 9.55. The molecule has 1 aromatic heterocycles. The van der Waals surface area contributed by atoms with Gasteiger partial charge < -0.3 is 15.1 Å². The molecule has 0 spiro atoms. The van der Waals surface area contributed by atoms with Crippen LogP contribution in [0.3, 0.4) is 0 Å². The Bertz CT molecular complexity index is 753. The summed E-state index contributed by atoms with van der Waals surface area (Å²) in [6, 6.07) is 9.48. The molecule has 2 aromatic rings. The highest BCUT2D eigenvalue weighted by Gasteiger charge is 2.14. The highest BCUT2D eigenvalue weighted by Crippen LogP contribution is 2.17. The van der Waals surface area contributed by atoms with Crippen LogP contribution in [0.1, 0.15) is 40.2 Å². The lowest BCUT2D eigenvalue weighted by molar-refractivity contribution is 0.0755. The molecule has 0 saturated carbocycles. The smallest absolute Gasteiger partial charge is 0.317 e. The van der Waals surface area contributed by atoms with Gasteiger partial charge >= 0.3 is 6.03 Å². The van der Waals surface area contributed by atoms with Crippen molar-refractivity contribution < 1.29 is 9.59 Å². The number of aryl methyl sites for hydroxylation is 1. The third kappa shape index (κ3) is 5.08. The van der Waals surface area contributed by atoms with E-state index in [2.05, 4.69) is 18.3 Å². The molecule has 0 bridgehead atoms. The molecule has 0 aliphatic rings. The highest BCUT2D eigenvalue weighted by molar-refractivity contribution is 7.10. The quantitative estimate of drug-likeness (QED) is 0.835.